The first-order chi connectivity index (χ1) is 4.35. The van der Waals surface area contributed by atoms with Gasteiger partial charge in [-0.05, 0) is 25.8 Å². The highest BCUT2D eigenvalue weighted by Crippen LogP contribution is 1.96. The van der Waals surface area contributed by atoms with Crippen LogP contribution < -0.4 is 0 Å². The molecule has 0 aromatic rings. The van der Waals surface area contributed by atoms with Gasteiger partial charge in [0, 0.05) is 0 Å². The van der Waals surface area contributed by atoms with Crippen LogP contribution in [-0.2, 0) is 4.79 Å². The van der Waals surface area contributed by atoms with Crippen LogP contribution in [0.15, 0.2) is 23.8 Å². The van der Waals surface area contributed by atoms with Crippen LogP contribution >= 0.6 is 0 Å². The van der Waals surface area contributed by atoms with Crippen LogP contribution in [0, 0.1) is 0 Å². The van der Waals surface area contributed by atoms with Crippen molar-refractivity contribution in [1.29, 1.82) is 0 Å². The van der Waals surface area contributed by atoms with E-state index < -0.39 is 0 Å². The van der Waals surface area contributed by atoms with Gasteiger partial charge >= 0.3 is 0 Å². The molecule has 0 aromatic heterocycles. The largest absolute Gasteiger partial charge is 0.298 e. The lowest BCUT2D eigenvalue weighted by atomic mass is 10.2. The SMILES string of the molecule is CC=CCC(C=O)=CC. The second-order valence-corrected chi connectivity index (χ2v) is 1.75. The molecule has 0 spiro atoms. The fourth-order valence-corrected chi connectivity index (χ4v) is 0.488. The smallest absolute Gasteiger partial charge is 0.146 e. The summed E-state index contributed by atoms with van der Waals surface area (Å²) in [5.41, 5.74) is 0.841. The maximum absolute atomic E-state index is 10.1. The summed E-state index contributed by atoms with van der Waals surface area (Å²) < 4.78 is 0. The number of hydrogen-bond acceptors (Lipinski definition) is 1. The highest BCUT2D eigenvalue weighted by molar-refractivity contribution is 5.73. The first-order valence-corrected chi connectivity index (χ1v) is 3.06. The van der Waals surface area contributed by atoms with Crippen LogP contribution in [-0.4, -0.2) is 6.29 Å². The number of rotatable bonds is 3. The van der Waals surface area contributed by atoms with Crippen LogP contribution in [0.3, 0.4) is 0 Å². The molecule has 50 valence electrons. The highest BCUT2D eigenvalue weighted by Gasteiger charge is 1.85. The topological polar surface area (TPSA) is 17.1 Å². The molecule has 0 amide bonds. The summed E-state index contributed by atoms with van der Waals surface area (Å²) in [5, 5.41) is 0. The Kier molecular flexibility index (Phi) is 4.79. The molecule has 1 nitrogen and oxygen atoms in total. The molecule has 1 heteroatoms. The number of allylic oxidation sites excluding steroid dienone is 4. The van der Waals surface area contributed by atoms with Gasteiger partial charge in [0.05, 0.1) is 0 Å². The summed E-state index contributed by atoms with van der Waals surface area (Å²) in [6.45, 7) is 3.81. The Hall–Kier alpha value is -0.850. The number of carbonyl (C=O) groups excluding carboxylic acids is 1. The van der Waals surface area contributed by atoms with Gasteiger partial charge in [-0.2, -0.15) is 0 Å². The molecule has 0 N–H and O–H groups in total. The van der Waals surface area contributed by atoms with Gasteiger partial charge in [-0.15, -0.1) is 0 Å². The summed E-state index contributed by atoms with van der Waals surface area (Å²) in [6, 6.07) is 0. The summed E-state index contributed by atoms with van der Waals surface area (Å²) in [6.07, 6.45) is 7.38. The second kappa shape index (κ2) is 5.29. The summed E-state index contributed by atoms with van der Waals surface area (Å²) >= 11 is 0. The molecule has 0 aromatic carbocycles. The zero-order chi connectivity index (χ0) is 7.11. The number of aldehydes is 1. The lowest BCUT2D eigenvalue weighted by molar-refractivity contribution is -0.105. The monoisotopic (exact) mass is 124 g/mol. The zero-order valence-electron chi connectivity index (χ0n) is 5.92. The Morgan fingerprint density at radius 3 is 2.44 bits per heavy atom. The van der Waals surface area contributed by atoms with E-state index in [1.54, 1.807) is 0 Å². The Morgan fingerprint density at radius 2 is 2.11 bits per heavy atom. The van der Waals surface area contributed by atoms with Crippen LogP contribution in [0.4, 0.5) is 0 Å². The van der Waals surface area contributed by atoms with Gasteiger partial charge in [0.2, 0.25) is 0 Å². The molecular weight excluding hydrogens is 112 g/mol. The van der Waals surface area contributed by atoms with Crippen LogP contribution in [0.25, 0.3) is 0 Å². The van der Waals surface area contributed by atoms with Gasteiger partial charge in [-0.3, -0.25) is 4.79 Å². The lowest BCUT2D eigenvalue weighted by Gasteiger charge is -1.87. The molecule has 0 aliphatic rings. The van der Waals surface area contributed by atoms with E-state index in [9.17, 15) is 4.79 Å². The third-order valence-electron chi connectivity index (χ3n) is 1.11. The van der Waals surface area contributed by atoms with Crippen molar-refractivity contribution in [2.45, 2.75) is 20.3 Å². The molecular formula is C8H12O. The van der Waals surface area contributed by atoms with Crippen molar-refractivity contribution in [3.8, 4) is 0 Å². The van der Waals surface area contributed by atoms with Gasteiger partial charge in [0.25, 0.3) is 0 Å². The first kappa shape index (κ1) is 8.15. The molecule has 0 saturated carbocycles. The second-order valence-electron chi connectivity index (χ2n) is 1.75. The normalized spacial score (nSPS) is 12.4. The van der Waals surface area contributed by atoms with Crippen molar-refractivity contribution in [1.82, 2.24) is 0 Å². The molecule has 0 atom stereocenters. The molecule has 0 unspecified atom stereocenters. The van der Waals surface area contributed by atoms with E-state index in [0.29, 0.717) is 0 Å². The van der Waals surface area contributed by atoms with E-state index in [4.69, 9.17) is 0 Å². The molecule has 9 heavy (non-hydrogen) atoms. The van der Waals surface area contributed by atoms with Crippen LogP contribution in [0.2, 0.25) is 0 Å². The fraction of sp³-hybridized carbons (Fsp3) is 0.375. The number of carbonyl (C=O) groups is 1. The zero-order valence-corrected chi connectivity index (χ0v) is 5.92. The summed E-state index contributed by atoms with van der Waals surface area (Å²) in [7, 11) is 0. The third kappa shape index (κ3) is 3.71. The minimum atomic E-state index is 0.760. The minimum absolute atomic E-state index is 0.760. The number of hydrogen-bond donors (Lipinski definition) is 0. The molecule has 0 aliphatic heterocycles. The first-order valence-electron chi connectivity index (χ1n) is 3.06. The van der Waals surface area contributed by atoms with Crippen molar-refractivity contribution >= 4 is 6.29 Å². The van der Waals surface area contributed by atoms with Gasteiger partial charge in [0.15, 0.2) is 0 Å². The van der Waals surface area contributed by atoms with Crippen LogP contribution in [0.5, 0.6) is 0 Å². The third-order valence-corrected chi connectivity index (χ3v) is 1.11. The molecule has 0 heterocycles. The van der Waals surface area contributed by atoms with Gasteiger partial charge in [0.1, 0.15) is 6.29 Å². The van der Waals surface area contributed by atoms with Crippen molar-refractivity contribution in [3.63, 3.8) is 0 Å². The Bertz CT molecular complexity index is 132. The van der Waals surface area contributed by atoms with Gasteiger partial charge in [-0.25, -0.2) is 0 Å². The van der Waals surface area contributed by atoms with E-state index in [-0.39, 0.29) is 0 Å². The maximum Gasteiger partial charge on any atom is 0.146 e. The molecule has 0 aliphatic carbocycles. The van der Waals surface area contributed by atoms with E-state index in [2.05, 4.69) is 0 Å². The maximum atomic E-state index is 10.1. The van der Waals surface area contributed by atoms with Crippen LogP contribution in [0.1, 0.15) is 20.3 Å². The highest BCUT2D eigenvalue weighted by atomic mass is 16.1. The predicted molar refractivity (Wildman–Crippen MR) is 39.3 cm³/mol. The lowest BCUT2D eigenvalue weighted by Crippen LogP contribution is -1.79. The van der Waals surface area contributed by atoms with Crippen molar-refractivity contribution in [2.75, 3.05) is 0 Å². The summed E-state index contributed by atoms with van der Waals surface area (Å²) in [4.78, 5) is 10.1. The van der Waals surface area contributed by atoms with E-state index >= 15 is 0 Å². The van der Waals surface area contributed by atoms with E-state index in [0.717, 1.165) is 18.3 Å². The average Bonchev–Trinajstić information content (AvgIpc) is 1.91. The fourth-order valence-electron chi connectivity index (χ4n) is 0.488. The Labute approximate surface area is 56.1 Å². The van der Waals surface area contributed by atoms with Gasteiger partial charge in [-0.1, -0.05) is 18.2 Å². The Morgan fingerprint density at radius 1 is 1.44 bits per heavy atom. The Balaban J connectivity index is 3.71. The van der Waals surface area contributed by atoms with Crippen molar-refractivity contribution in [3.05, 3.63) is 23.8 Å². The molecule has 0 saturated heterocycles. The minimum Gasteiger partial charge on any atom is -0.298 e. The molecule has 0 radical (unpaired) electrons. The van der Waals surface area contributed by atoms with Crippen molar-refractivity contribution in [2.24, 2.45) is 0 Å². The van der Waals surface area contributed by atoms with Crippen molar-refractivity contribution < 1.29 is 4.79 Å². The predicted octanol–water partition coefficient (Wildman–Crippen LogP) is 2.10. The van der Waals surface area contributed by atoms with E-state index in [1.807, 2.05) is 32.1 Å². The quantitative estimate of drug-likeness (QED) is 0.320. The van der Waals surface area contributed by atoms with E-state index in [1.165, 1.54) is 0 Å². The average molecular weight is 124 g/mol. The molecule has 0 bridgehead atoms. The van der Waals surface area contributed by atoms with Gasteiger partial charge < -0.3 is 0 Å². The standard InChI is InChI=1S/C8H12O/c1-3-5-6-8(4-2)7-9/h3-5,7H,6H2,1-2H3. The molecule has 0 rings (SSSR count). The molecule has 0 fully saturated rings. The summed E-state index contributed by atoms with van der Waals surface area (Å²) in [5.74, 6) is 0.